The zero-order chi connectivity index (χ0) is 15.9. The second-order valence-corrected chi connectivity index (χ2v) is 4.76. The fraction of sp³-hybridized carbons (Fsp3) is 0.235. The van der Waals surface area contributed by atoms with Crippen LogP contribution in [0, 0.1) is 0 Å². The van der Waals surface area contributed by atoms with Crippen LogP contribution in [0.2, 0.25) is 0 Å². The molecule has 0 spiro atoms. The molecule has 0 saturated carbocycles. The summed E-state index contributed by atoms with van der Waals surface area (Å²) in [6, 6.07) is 12.6. The molecule has 0 radical (unpaired) electrons. The van der Waals surface area contributed by atoms with Crippen molar-refractivity contribution in [1.29, 1.82) is 0 Å². The summed E-state index contributed by atoms with van der Waals surface area (Å²) in [4.78, 5) is 10.8. The molecule has 5 nitrogen and oxygen atoms in total. The van der Waals surface area contributed by atoms with Crippen LogP contribution in [0.15, 0.2) is 42.5 Å². The molecule has 6 heteroatoms. The smallest absolute Gasteiger partial charge is 0.335 e. The topological polar surface area (TPSA) is 67.8 Å². The van der Waals surface area contributed by atoms with E-state index < -0.39 is 5.97 Å². The van der Waals surface area contributed by atoms with Crippen LogP contribution >= 0.6 is 0 Å². The lowest BCUT2D eigenvalue weighted by Crippen LogP contribution is -3.00. The summed E-state index contributed by atoms with van der Waals surface area (Å²) in [7, 11) is 3.23. The van der Waals surface area contributed by atoms with Gasteiger partial charge in [-0.15, -0.1) is 0 Å². The lowest BCUT2D eigenvalue weighted by atomic mass is 10.1. The van der Waals surface area contributed by atoms with Gasteiger partial charge in [-0.05, 0) is 23.8 Å². The summed E-state index contributed by atoms with van der Waals surface area (Å²) in [5.41, 5.74) is 2.31. The summed E-state index contributed by atoms with van der Waals surface area (Å²) in [5.74, 6) is 0.506. The number of ether oxygens (including phenoxy) is 2. The van der Waals surface area contributed by atoms with Crippen LogP contribution in [-0.4, -0.2) is 25.3 Å². The van der Waals surface area contributed by atoms with Gasteiger partial charge in [-0.1, -0.05) is 24.3 Å². The van der Waals surface area contributed by atoms with Crippen molar-refractivity contribution in [3.8, 4) is 11.5 Å². The Morgan fingerprint density at radius 3 is 2.30 bits per heavy atom. The molecule has 124 valence electrons. The maximum Gasteiger partial charge on any atom is 0.335 e. The van der Waals surface area contributed by atoms with Crippen LogP contribution in [0.25, 0.3) is 0 Å². The van der Waals surface area contributed by atoms with E-state index in [0.717, 1.165) is 16.9 Å². The van der Waals surface area contributed by atoms with Crippen LogP contribution in [0.4, 0.5) is 0 Å². The number of methoxy groups -OCH3 is 2. The summed E-state index contributed by atoms with van der Waals surface area (Å²) >= 11 is 0. The Kier molecular flexibility index (Phi) is 7.38. The Labute approximate surface area is 141 Å². The molecular formula is C17H19ClNO4-. The highest BCUT2D eigenvalue weighted by molar-refractivity contribution is 5.87. The highest BCUT2D eigenvalue weighted by Gasteiger charge is 2.09. The number of carboxylic acids is 1. The number of hydrogen-bond donors (Lipinski definition) is 2. The minimum absolute atomic E-state index is 0. The summed E-state index contributed by atoms with van der Waals surface area (Å²) < 4.78 is 10.7. The number of para-hydroxylation sites is 1. The van der Waals surface area contributed by atoms with Gasteiger partial charge in [-0.3, -0.25) is 0 Å². The SMILES string of the molecule is COc1cccc(CNCc2ccc(C(=O)O)cc2)c1OC.[Cl-]. The van der Waals surface area contributed by atoms with Crippen molar-refractivity contribution in [1.82, 2.24) is 5.32 Å². The third kappa shape index (κ3) is 4.87. The van der Waals surface area contributed by atoms with Crippen LogP contribution in [0.5, 0.6) is 11.5 Å². The van der Waals surface area contributed by atoms with Gasteiger partial charge in [0.2, 0.25) is 0 Å². The molecule has 0 unspecified atom stereocenters. The van der Waals surface area contributed by atoms with Crippen molar-refractivity contribution >= 4 is 5.97 Å². The van der Waals surface area contributed by atoms with E-state index in [-0.39, 0.29) is 12.4 Å². The molecule has 0 atom stereocenters. The van der Waals surface area contributed by atoms with Crippen LogP contribution in [-0.2, 0) is 13.1 Å². The predicted octanol–water partition coefficient (Wildman–Crippen LogP) is -0.304. The third-order valence-electron chi connectivity index (χ3n) is 3.33. The third-order valence-corrected chi connectivity index (χ3v) is 3.33. The zero-order valence-corrected chi connectivity index (χ0v) is 13.8. The van der Waals surface area contributed by atoms with E-state index in [4.69, 9.17) is 14.6 Å². The van der Waals surface area contributed by atoms with Gasteiger partial charge in [-0.2, -0.15) is 0 Å². The number of benzene rings is 2. The lowest BCUT2D eigenvalue weighted by Gasteiger charge is -2.13. The second kappa shape index (κ2) is 9.02. The Morgan fingerprint density at radius 2 is 1.74 bits per heavy atom. The molecule has 0 aliphatic rings. The second-order valence-electron chi connectivity index (χ2n) is 4.76. The Balaban J connectivity index is 0.00000264. The van der Waals surface area contributed by atoms with Crippen molar-refractivity contribution < 1.29 is 31.8 Å². The molecule has 0 heterocycles. The molecule has 0 aliphatic heterocycles. The number of hydrogen-bond acceptors (Lipinski definition) is 4. The van der Waals surface area contributed by atoms with Gasteiger partial charge in [0.05, 0.1) is 19.8 Å². The highest BCUT2D eigenvalue weighted by atomic mass is 35.5. The normalized spacial score (nSPS) is 9.83. The molecule has 2 rings (SSSR count). The van der Waals surface area contributed by atoms with Gasteiger partial charge >= 0.3 is 5.97 Å². The fourth-order valence-electron chi connectivity index (χ4n) is 2.20. The zero-order valence-electron chi connectivity index (χ0n) is 13.0. The van der Waals surface area contributed by atoms with Gasteiger partial charge in [-0.25, -0.2) is 4.79 Å². The van der Waals surface area contributed by atoms with Crippen LogP contribution in [0.3, 0.4) is 0 Å². The maximum absolute atomic E-state index is 10.8. The number of nitrogens with one attached hydrogen (secondary N) is 1. The maximum atomic E-state index is 10.8. The fourth-order valence-corrected chi connectivity index (χ4v) is 2.20. The van der Waals surface area contributed by atoms with E-state index in [2.05, 4.69) is 5.32 Å². The monoisotopic (exact) mass is 336 g/mol. The number of aromatic carboxylic acids is 1. The van der Waals surface area contributed by atoms with Crippen LogP contribution < -0.4 is 27.2 Å². The highest BCUT2D eigenvalue weighted by Crippen LogP contribution is 2.30. The standard InChI is InChI=1S/C17H19NO4.ClH/c1-21-15-5-3-4-14(16(15)22-2)11-18-10-12-6-8-13(9-7-12)17(19)20;/h3-9,18H,10-11H2,1-2H3,(H,19,20);1H/p-1. The first-order valence-electron chi connectivity index (χ1n) is 6.88. The molecule has 0 amide bonds. The first-order valence-corrected chi connectivity index (χ1v) is 6.88. The largest absolute Gasteiger partial charge is 1.00 e. The number of rotatable bonds is 7. The molecule has 23 heavy (non-hydrogen) atoms. The molecule has 0 saturated heterocycles. The van der Waals surface area contributed by atoms with E-state index in [0.29, 0.717) is 24.4 Å². The predicted molar refractivity (Wildman–Crippen MR) is 83.5 cm³/mol. The summed E-state index contributed by atoms with van der Waals surface area (Å²) in [6.07, 6.45) is 0. The molecule has 0 bridgehead atoms. The van der Waals surface area contributed by atoms with Crippen molar-refractivity contribution in [3.05, 3.63) is 59.2 Å². The van der Waals surface area contributed by atoms with E-state index >= 15 is 0 Å². The van der Waals surface area contributed by atoms with E-state index in [9.17, 15) is 4.79 Å². The average Bonchev–Trinajstić information content (AvgIpc) is 2.55. The van der Waals surface area contributed by atoms with Gasteiger partial charge in [0, 0.05) is 18.7 Å². The van der Waals surface area contributed by atoms with E-state index in [1.807, 2.05) is 18.2 Å². The Morgan fingerprint density at radius 1 is 1.04 bits per heavy atom. The number of carbonyl (C=O) groups is 1. The first kappa shape index (κ1) is 18.8. The minimum Gasteiger partial charge on any atom is -1.00 e. The van der Waals surface area contributed by atoms with Gasteiger partial charge in [0.15, 0.2) is 11.5 Å². The van der Waals surface area contributed by atoms with Crippen molar-refractivity contribution in [2.45, 2.75) is 13.1 Å². The number of halogens is 1. The van der Waals surface area contributed by atoms with Crippen molar-refractivity contribution in [2.24, 2.45) is 0 Å². The van der Waals surface area contributed by atoms with E-state index in [1.54, 1.807) is 38.5 Å². The molecule has 0 aromatic heterocycles. The van der Waals surface area contributed by atoms with Crippen molar-refractivity contribution in [3.63, 3.8) is 0 Å². The molecule has 0 fully saturated rings. The molecule has 2 aromatic rings. The first-order chi connectivity index (χ1) is 10.7. The van der Waals surface area contributed by atoms with Crippen molar-refractivity contribution in [2.75, 3.05) is 14.2 Å². The minimum atomic E-state index is -0.916. The average molecular weight is 337 g/mol. The van der Waals surface area contributed by atoms with Gasteiger partial charge in [0.25, 0.3) is 0 Å². The Bertz CT molecular complexity index is 644. The Hall–Kier alpha value is -2.24. The van der Waals surface area contributed by atoms with E-state index in [1.165, 1.54) is 0 Å². The molecule has 2 N–H and O–H groups in total. The molecular weight excluding hydrogens is 318 g/mol. The summed E-state index contributed by atoms with van der Waals surface area (Å²) in [6.45, 7) is 1.27. The van der Waals surface area contributed by atoms with Gasteiger partial charge in [0.1, 0.15) is 0 Å². The van der Waals surface area contributed by atoms with Crippen LogP contribution in [0.1, 0.15) is 21.5 Å². The molecule has 2 aromatic carbocycles. The molecule has 0 aliphatic carbocycles. The quantitative estimate of drug-likeness (QED) is 0.726. The lowest BCUT2D eigenvalue weighted by molar-refractivity contribution is -0.0000205. The van der Waals surface area contributed by atoms with Gasteiger partial charge < -0.3 is 32.3 Å². The number of carboxylic acid groups (broad SMARTS) is 1. The summed E-state index contributed by atoms with van der Waals surface area (Å²) in [5, 5.41) is 12.2.